The van der Waals surface area contributed by atoms with Crippen LogP contribution in [0, 0.1) is 19.3 Å². The van der Waals surface area contributed by atoms with E-state index in [9.17, 15) is 0 Å². The highest BCUT2D eigenvalue weighted by atomic mass is 35.5. The molecule has 0 spiro atoms. The van der Waals surface area contributed by atoms with E-state index in [1.807, 2.05) is 31.2 Å². The van der Waals surface area contributed by atoms with Gasteiger partial charge in [0.05, 0.1) is 11.8 Å². The van der Waals surface area contributed by atoms with Crippen molar-refractivity contribution >= 4 is 37.7 Å². The van der Waals surface area contributed by atoms with E-state index in [2.05, 4.69) is 55.6 Å². The average molecular weight is 472 g/mol. The molecule has 0 bridgehead atoms. The molecule has 0 saturated heterocycles. The molecule has 0 fully saturated rings. The number of fused-ring (bicyclic) bond motifs is 3. The van der Waals surface area contributed by atoms with Crippen LogP contribution in [0.2, 0.25) is 18.1 Å². The molecule has 1 atom stereocenters. The van der Waals surface area contributed by atoms with E-state index < -0.39 is 9.04 Å². The van der Waals surface area contributed by atoms with Gasteiger partial charge >= 0.3 is 0 Å². The Kier molecular flexibility index (Phi) is 5.98. The molecule has 3 heterocycles. The Morgan fingerprint density at radius 2 is 1.81 bits per heavy atom. The van der Waals surface area contributed by atoms with Crippen LogP contribution < -0.4 is 0 Å². The second kappa shape index (κ2) is 8.28. The summed E-state index contributed by atoms with van der Waals surface area (Å²) in [5.74, 6) is 1.74. The van der Waals surface area contributed by atoms with Gasteiger partial charge in [-0.25, -0.2) is 0 Å². The molecule has 1 aliphatic rings. The van der Waals surface area contributed by atoms with Crippen molar-refractivity contribution in [1.82, 2.24) is 14.8 Å². The Morgan fingerprint density at radius 1 is 1.13 bits per heavy atom. The van der Waals surface area contributed by atoms with Crippen molar-refractivity contribution in [2.24, 2.45) is 10.4 Å². The van der Waals surface area contributed by atoms with Crippen molar-refractivity contribution in [3.05, 3.63) is 62.5 Å². The van der Waals surface area contributed by atoms with Crippen LogP contribution >= 0.6 is 22.9 Å². The SMILES string of the molecule is Cc1c(C(O[Si](C)C)C(C)(C)C)sc2c1C(c1ccc(Cl)cc1)=NCc1nnc(C)n1-2. The van der Waals surface area contributed by atoms with E-state index in [1.165, 1.54) is 10.4 Å². The van der Waals surface area contributed by atoms with Gasteiger partial charge in [-0.3, -0.25) is 9.56 Å². The summed E-state index contributed by atoms with van der Waals surface area (Å²) in [4.78, 5) is 6.25. The Balaban J connectivity index is 1.98. The van der Waals surface area contributed by atoms with Gasteiger partial charge in [0.1, 0.15) is 17.4 Å². The largest absolute Gasteiger partial charge is 0.409 e. The third-order valence-corrected chi connectivity index (χ3v) is 7.65. The number of rotatable bonds is 4. The molecule has 1 aliphatic heterocycles. The monoisotopic (exact) mass is 471 g/mol. The number of hydrogen-bond acceptors (Lipinski definition) is 5. The van der Waals surface area contributed by atoms with Crippen molar-refractivity contribution in [2.45, 2.75) is 60.4 Å². The van der Waals surface area contributed by atoms with E-state index in [1.54, 1.807) is 11.3 Å². The minimum Gasteiger partial charge on any atom is -0.409 e. The van der Waals surface area contributed by atoms with Crippen molar-refractivity contribution in [2.75, 3.05) is 0 Å². The maximum atomic E-state index is 6.56. The zero-order valence-electron chi connectivity index (χ0n) is 19.1. The maximum Gasteiger partial charge on any atom is 0.205 e. The topological polar surface area (TPSA) is 52.3 Å². The van der Waals surface area contributed by atoms with Crippen LogP contribution in [0.3, 0.4) is 0 Å². The van der Waals surface area contributed by atoms with Crippen LogP contribution in [0.15, 0.2) is 29.3 Å². The number of aromatic nitrogens is 3. The van der Waals surface area contributed by atoms with E-state index in [0.717, 1.165) is 38.5 Å². The maximum absolute atomic E-state index is 6.56. The second-order valence-electron chi connectivity index (χ2n) is 9.21. The first kappa shape index (κ1) is 22.4. The van der Waals surface area contributed by atoms with Gasteiger partial charge in [0, 0.05) is 21.0 Å². The summed E-state index contributed by atoms with van der Waals surface area (Å²) in [5.41, 5.74) is 4.36. The number of aliphatic imine (C=N–C) groups is 1. The second-order valence-corrected chi connectivity index (χ2v) is 12.7. The van der Waals surface area contributed by atoms with E-state index >= 15 is 0 Å². The van der Waals surface area contributed by atoms with Crippen LogP contribution in [-0.4, -0.2) is 29.5 Å². The van der Waals surface area contributed by atoms with Crippen LogP contribution in [0.25, 0.3) is 5.00 Å². The number of nitrogens with zero attached hydrogens (tertiary/aromatic N) is 4. The number of benzene rings is 1. The van der Waals surface area contributed by atoms with Crippen molar-refractivity contribution < 1.29 is 4.43 Å². The van der Waals surface area contributed by atoms with Crippen LogP contribution in [0.5, 0.6) is 0 Å². The number of hydrogen-bond donors (Lipinski definition) is 0. The summed E-state index contributed by atoms with van der Waals surface area (Å²) >= 11 is 7.94. The minimum atomic E-state index is -0.884. The Bertz CT molecular complexity index is 1140. The highest BCUT2D eigenvalue weighted by Crippen LogP contribution is 2.46. The van der Waals surface area contributed by atoms with Gasteiger partial charge in [0.15, 0.2) is 5.82 Å². The summed E-state index contributed by atoms with van der Waals surface area (Å²) in [6.45, 7) is 15.8. The van der Waals surface area contributed by atoms with Gasteiger partial charge in [-0.05, 0) is 50.1 Å². The molecule has 0 N–H and O–H groups in total. The third-order valence-electron chi connectivity index (χ3n) is 5.37. The molecule has 1 aromatic carbocycles. The lowest BCUT2D eigenvalue weighted by atomic mass is 9.86. The first-order valence-electron chi connectivity index (χ1n) is 10.4. The summed E-state index contributed by atoms with van der Waals surface area (Å²) in [5, 5.41) is 10.6. The standard InChI is InChI=1S/C23H28ClN4OSSi/c1-13-18-19(15-8-10-16(24)11-9-15)25-12-17-27-26-14(2)28(17)22(18)30-20(13)21(23(3,4)5)29-31(6)7/h8-11,21H,12H2,1-7H3. The van der Waals surface area contributed by atoms with E-state index in [-0.39, 0.29) is 11.5 Å². The Labute approximate surface area is 194 Å². The molecule has 8 heteroatoms. The first-order chi connectivity index (χ1) is 14.6. The predicted octanol–water partition coefficient (Wildman–Crippen LogP) is 6.30. The molecule has 0 saturated carbocycles. The van der Waals surface area contributed by atoms with Gasteiger partial charge in [0.2, 0.25) is 9.04 Å². The molecule has 5 nitrogen and oxygen atoms in total. The summed E-state index contributed by atoms with van der Waals surface area (Å²) in [6.07, 6.45) is 0.0139. The fraction of sp³-hybridized carbons (Fsp3) is 0.435. The average Bonchev–Trinajstić information content (AvgIpc) is 3.15. The van der Waals surface area contributed by atoms with Crippen molar-refractivity contribution in [1.29, 1.82) is 0 Å². The highest BCUT2D eigenvalue weighted by molar-refractivity contribution is 7.15. The lowest BCUT2D eigenvalue weighted by molar-refractivity contribution is 0.0893. The first-order valence-corrected chi connectivity index (χ1v) is 14.0. The summed E-state index contributed by atoms with van der Waals surface area (Å²) < 4.78 is 8.72. The minimum absolute atomic E-state index is 0.0139. The highest BCUT2D eigenvalue weighted by Gasteiger charge is 2.35. The van der Waals surface area contributed by atoms with Crippen LogP contribution in [0.4, 0.5) is 0 Å². The van der Waals surface area contributed by atoms with E-state index in [4.69, 9.17) is 21.0 Å². The third kappa shape index (κ3) is 4.16. The molecule has 2 aromatic heterocycles. The van der Waals surface area contributed by atoms with Gasteiger partial charge < -0.3 is 4.43 Å². The molecule has 1 unspecified atom stereocenters. The lowest BCUT2D eigenvalue weighted by Gasteiger charge is -2.32. The fourth-order valence-corrected chi connectivity index (χ4v) is 6.71. The Hall–Kier alpha value is -1.80. The van der Waals surface area contributed by atoms with Gasteiger partial charge in [-0.1, -0.05) is 44.5 Å². The predicted molar refractivity (Wildman–Crippen MR) is 130 cm³/mol. The van der Waals surface area contributed by atoms with Crippen LogP contribution in [0.1, 0.15) is 60.1 Å². The number of aryl methyl sites for hydroxylation is 1. The zero-order chi connectivity index (χ0) is 22.5. The Morgan fingerprint density at radius 3 is 2.42 bits per heavy atom. The molecular formula is C23H28ClN4OSSi. The van der Waals surface area contributed by atoms with Gasteiger partial charge in [-0.15, -0.1) is 21.5 Å². The molecular weight excluding hydrogens is 444 g/mol. The molecule has 0 aliphatic carbocycles. The summed E-state index contributed by atoms with van der Waals surface area (Å²) in [6, 6.07) is 7.92. The molecule has 0 amide bonds. The van der Waals surface area contributed by atoms with Gasteiger partial charge in [0.25, 0.3) is 0 Å². The smallest absolute Gasteiger partial charge is 0.205 e. The molecule has 3 aromatic rings. The van der Waals surface area contributed by atoms with Crippen molar-refractivity contribution in [3.63, 3.8) is 0 Å². The van der Waals surface area contributed by atoms with Gasteiger partial charge in [-0.2, -0.15) is 0 Å². The number of thiophene rings is 1. The number of halogens is 1. The van der Waals surface area contributed by atoms with Crippen molar-refractivity contribution in [3.8, 4) is 5.00 Å². The summed E-state index contributed by atoms with van der Waals surface area (Å²) in [7, 11) is -0.884. The lowest BCUT2D eigenvalue weighted by Crippen LogP contribution is -2.25. The fourth-order valence-electron chi connectivity index (χ4n) is 3.91. The zero-order valence-corrected chi connectivity index (χ0v) is 21.6. The molecule has 4 rings (SSSR count). The molecule has 163 valence electrons. The molecule has 1 radical (unpaired) electrons. The normalized spacial score (nSPS) is 14.8. The van der Waals surface area contributed by atoms with Crippen LogP contribution in [-0.2, 0) is 11.0 Å². The molecule has 31 heavy (non-hydrogen) atoms. The quantitative estimate of drug-likeness (QED) is 0.419. The van der Waals surface area contributed by atoms with E-state index in [0.29, 0.717) is 6.54 Å².